The topological polar surface area (TPSA) is 61.9 Å². The van der Waals surface area contributed by atoms with Crippen molar-refractivity contribution in [3.8, 4) is 0 Å². The summed E-state index contributed by atoms with van der Waals surface area (Å²) in [5, 5.41) is 9.07. The maximum Gasteiger partial charge on any atom is 0.185 e. The molecule has 1 aromatic rings. The van der Waals surface area contributed by atoms with Gasteiger partial charge in [-0.25, -0.2) is 13.2 Å². The molecule has 0 atom stereocenters. The van der Waals surface area contributed by atoms with Crippen LogP contribution in [0.15, 0.2) is 12.1 Å². The first-order chi connectivity index (χ1) is 6.50. The molecule has 1 rings (SSSR count). The lowest BCUT2D eigenvalue weighted by atomic mass is 10.2. The predicted molar refractivity (Wildman–Crippen MR) is 45.1 cm³/mol. The van der Waals surface area contributed by atoms with E-state index in [9.17, 15) is 13.2 Å². The fourth-order valence-corrected chi connectivity index (χ4v) is 0.890. The van der Waals surface area contributed by atoms with Crippen molar-refractivity contribution in [2.45, 2.75) is 6.54 Å². The summed E-state index contributed by atoms with van der Waals surface area (Å²) in [4.78, 5) is 0. The van der Waals surface area contributed by atoms with E-state index < -0.39 is 17.5 Å². The summed E-state index contributed by atoms with van der Waals surface area (Å²) >= 11 is 0. The lowest BCUT2D eigenvalue weighted by Gasteiger charge is -2.05. The molecule has 0 bridgehead atoms. The Balaban J connectivity index is 2.87. The second-order valence-corrected chi connectivity index (χ2v) is 2.62. The van der Waals surface area contributed by atoms with Crippen molar-refractivity contribution >= 4 is 5.96 Å². The molecule has 0 saturated heterocycles. The number of benzene rings is 1. The van der Waals surface area contributed by atoms with Crippen LogP contribution in [0.5, 0.6) is 0 Å². The van der Waals surface area contributed by atoms with Gasteiger partial charge in [0, 0.05) is 18.2 Å². The van der Waals surface area contributed by atoms with Crippen LogP contribution in [0, 0.1) is 22.9 Å². The van der Waals surface area contributed by atoms with Crippen LogP contribution in [0.3, 0.4) is 0 Å². The molecule has 0 aliphatic carbocycles. The van der Waals surface area contributed by atoms with Crippen LogP contribution < -0.4 is 11.1 Å². The van der Waals surface area contributed by atoms with Crippen LogP contribution in [0.25, 0.3) is 0 Å². The molecule has 0 spiro atoms. The van der Waals surface area contributed by atoms with Gasteiger partial charge in [0.2, 0.25) is 0 Å². The molecule has 14 heavy (non-hydrogen) atoms. The third-order valence-corrected chi connectivity index (χ3v) is 1.56. The molecule has 0 saturated carbocycles. The Morgan fingerprint density at radius 1 is 1.21 bits per heavy atom. The van der Waals surface area contributed by atoms with Crippen LogP contribution in [-0.4, -0.2) is 5.96 Å². The van der Waals surface area contributed by atoms with Gasteiger partial charge in [0.15, 0.2) is 17.6 Å². The van der Waals surface area contributed by atoms with Crippen LogP contribution in [-0.2, 0) is 6.54 Å². The minimum atomic E-state index is -1.24. The van der Waals surface area contributed by atoms with E-state index in [2.05, 4.69) is 5.32 Å². The van der Waals surface area contributed by atoms with Crippen LogP contribution >= 0.6 is 0 Å². The van der Waals surface area contributed by atoms with Gasteiger partial charge in [-0.1, -0.05) is 0 Å². The minimum Gasteiger partial charge on any atom is -0.370 e. The van der Waals surface area contributed by atoms with E-state index >= 15 is 0 Å². The molecule has 0 amide bonds. The van der Waals surface area contributed by atoms with Crippen molar-refractivity contribution < 1.29 is 13.2 Å². The van der Waals surface area contributed by atoms with Crippen LogP contribution in [0.1, 0.15) is 5.56 Å². The van der Waals surface area contributed by atoms with Crippen LogP contribution in [0.2, 0.25) is 0 Å². The number of halogens is 3. The molecular formula is C8H8F3N3. The molecule has 4 N–H and O–H groups in total. The van der Waals surface area contributed by atoms with Gasteiger partial charge in [-0.3, -0.25) is 5.41 Å². The van der Waals surface area contributed by atoms with E-state index in [-0.39, 0.29) is 18.1 Å². The first-order valence-electron chi connectivity index (χ1n) is 3.72. The van der Waals surface area contributed by atoms with E-state index in [1.54, 1.807) is 0 Å². The lowest BCUT2D eigenvalue weighted by Crippen LogP contribution is -2.29. The SMILES string of the molecule is N=C(N)NCc1cc(F)c(F)cc1F. The van der Waals surface area contributed by atoms with Gasteiger partial charge >= 0.3 is 0 Å². The van der Waals surface area contributed by atoms with Gasteiger partial charge in [-0.15, -0.1) is 0 Å². The Hall–Kier alpha value is -1.72. The van der Waals surface area contributed by atoms with Gasteiger partial charge in [0.25, 0.3) is 0 Å². The summed E-state index contributed by atoms with van der Waals surface area (Å²) in [5.41, 5.74) is 4.86. The summed E-state index contributed by atoms with van der Waals surface area (Å²) in [6.07, 6.45) is 0. The quantitative estimate of drug-likeness (QED) is 0.382. The van der Waals surface area contributed by atoms with E-state index in [4.69, 9.17) is 11.1 Å². The lowest BCUT2D eigenvalue weighted by molar-refractivity contribution is 0.489. The first-order valence-corrected chi connectivity index (χ1v) is 3.72. The van der Waals surface area contributed by atoms with Crippen molar-refractivity contribution in [2.75, 3.05) is 0 Å². The molecule has 0 radical (unpaired) electrons. The average molecular weight is 203 g/mol. The van der Waals surface area contributed by atoms with Crippen molar-refractivity contribution in [1.82, 2.24) is 5.32 Å². The molecular weight excluding hydrogens is 195 g/mol. The monoisotopic (exact) mass is 203 g/mol. The molecule has 0 aliphatic heterocycles. The fourth-order valence-electron chi connectivity index (χ4n) is 0.890. The second-order valence-electron chi connectivity index (χ2n) is 2.62. The number of rotatable bonds is 2. The summed E-state index contributed by atoms with van der Waals surface area (Å²) in [6, 6.07) is 1.17. The smallest absolute Gasteiger partial charge is 0.185 e. The molecule has 0 aliphatic rings. The Bertz CT molecular complexity index is 365. The van der Waals surface area contributed by atoms with Crippen molar-refractivity contribution in [2.24, 2.45) is 5.73 Å². The maximum absolute atomic E-state index is 12.9. The van der Waals surface area contributed by atoms with Crippen molar-refractivity contribution in [3.05, 3.63) is 35.1 Å². The maximum atomic E-state index is 12.9. The average Bonchev–Trinajstić information content (AvgIpc) is 2.09. The number of hydrogen-bond donors (Lipinski definition) is 3. The zero-order valence-corrected chi connectivity index (χ0v) is 7.07. The largest absolute Gasteiger partial charge is 0.370 e. The highest BCUT2D eigenvalue weighted by Crippen LogP contribution is 2.13. The van der Waals surface area contributed by atoms with E-state index in [0.717, 1.165) is 6.07 Å². The molecule has 3 nitrogen and oxygen atoms in total. The number of nitrogens with two attached hydrogens (primary N) is 1. The second kappa shape index (κ2) is 3.99. The first kappa shape index (κ1) is 10.4. The summed E-state index contributed by atoms with van der Waals surface area (Å²) in [5.74, 6) is -3.62. The standard InChI is InChI=1S/C8H8F3N3/c9-5-2-7(11)6(10)1-4(5)3-14-8(12)13/h1-2H,3H2,(H4,12,13,14). The third-order valence-electron chi connectivity index (χ3n) is 1.56. The highest BCUT2D eigenvalue weighted by molar-refractivity contribution is 5.74. The molecule has 0 heterocycles. The number of hydrogen-bond acceptors (Lipinski definition) is 1. The van der Waals surface area contributed by atoms with E-state index in [1.165, 1.54) is 0 Å². The third kappa shape index (κ3) is 2.38. The van der Waals surface area contributed by atoms with Gasteiger partial charge in [0.05, 0.1) is 0 Å². The molecule has 6 heteroatoms. The Kier molecular flexibility index (Phi) is 2.95. The van der Waals surface area contributed by atoms with E-state index in [0.29, 0.717) is 6.07 Å². The fraction of sp³-hybridized carbons (Fsp3) is 0.125. The predicted octanol–water partition coefficient (Wildman–Crippen LogP) is 1.09. The Labute approximate surface area is 78.2 Å². The molecule has 0 unspecified atom stereocenters. The zero-order valence-electron chi connectivity index (χ0n) is 7.07. The normalized spacial score (nSPS) is 9.93. The molecule has 1 aromatic carbocycles. The van der Waals surface area contributed by atoms with Crippen molar-refractivity contribution in [1.29, 1.82) is 5.41 Å². The summed E-state index contributed by atoms with van der Waals surface area (Å²) in [6.45, 7) is -0.154. The van der Waals surface area contributed by atoms with Gasteiger partial charge in [0.1, 0.15) is 5.82 Å². The number of guanidine groups is 1. The van der Waals surface area contributed by atoms with E-state index in [1.807, 2.05) is 0 Å². The van der Waals surface area contributed by atoms with Gasteiger partial charge in [-0.05, 0) is 6.07 Å². The number of nitrogens with one attached hydrogen (secondary N) is 2. The van der Waals surface area contributed by atoms with Gasteiger partial charge in [-0.2, -0.15) is 0 Å². The molecule has 0 fully saturated rings. The van der Waals surface area contributed by atoms with Crippen LogP contribution in [0.4, 0.5) is 13.2 Å². The summed E-state index contributed by atoms with van der Waals surface area (Å²) in [7, 11) is 0. The van der Waals surface area contributed by atoms with Crippen molar-refractivity contribution in [3.63, 3.8) is 0 Å². The molecule has 0 aromatic heterocycles. The molecule has 76 valence electrons. The Morgan fingerprint density at radius 3 is 2.36 bits per heavy atom. The Morgan fingerprint density at radius 2 is 1.79 bits per heavy atom. The zero-order chi connectivity index (χ0) is 10.7. The highest BCUT2D eigenvalue weighted by Gasteiger charge is 2.09. The minimum absolute atomic E-state index is 0.0842. The highest BCUT2D eigenvalue weighted by atomic mass is 19.2. The summed E-state index contributed by atoms with van der Waals surface area (Å²) < 4.78 is 38.0. The van der Waals surface area contributed by atoms with Gasteiger partial charge < -0.3 is 11.1 Å².